The molecule has 1 heterocycles. The SMILES string of the molecule is CC(O)CN(C)Cc1nnc(-c2ccc(Cl)cc2)o1. The number of aromatic nitrogens is 2. The largest absolute Gasteiger partial charge is 0.419 e. The predicted molar refractivity (Wildman–Crippen MR) is 72.8 cm³/mol. The van der Waals surface area contributed by atoms with Gasteiger partial charge in [-0.2, -0.15) is 0 Å². The lowest BCUT2D eigenvalue weighted by molar-refractivity contribution is 0.133. The molecule has 5 nitrogen and oxygen atoms in total. The second-order valence-electron chi connectivity index (χ2n) is 4.55. The van der Waals surface area contributed by atoms with Gasteiger partial charge in [0.25, 0.3) is 0 Å². The highest BCUT2D eigenvalue weighted by molar-refractivity contribution is 6.30. The molecule has 1 aromatic carbocycles. The third-order valence-electron chi connectivity index (χ3n) is 2.54. The zero-order valence-electron chi connectivity index (χ0n) is 10.9. The second kappa shape index (κ2) is 6.14. The number of rotatable bonds is 5. The molecule has 102 valence electrons. The topological polar surface area (TPSA) is 62.4 Å². The van der Waals surface area contributed by atoms with Gasteiger partial charge in [-0.15, -0.1) is 10.2 Å². The molecular weight excluding hydrogens is 266 g/mol. The molecule has 0 saturated carbocycles. The molecule has 1 unspecified atom stereocenters. The van der Waals surface area contributed by atoms with Gasteiger partial charge in [-0.3, -0.25) is 4.90 Å². The van der Waals surface area contributed by atoms with Gasteiger partial charge in [-0.05, 0) is 38.2 Å². The minimum absolute atomic E-state index is 0.386. The van der Waals surface area contributed by atoms with Crippen LogP contribution < -0.4 is 0 Å². The second-order valence-corrected chi connectivity index (χ2v) is 4.99. The molecule has 6 heteroatoms. The summed E-state index contributed by atoms with van der Waals surface area (Å²) in [6.45, 7) is 2.80. The summed E-state index contributed by atoms with van der Waals surface area (Å²) < 4.78 is 5.57. The Bertz CT molecular complexity index is 525. The van der Waals surface area contributed by atoms with Crippen LogP contribution in [0.1, 0.15) is 12.8 Å². The van der Waals surface area contributed by atoms with E-state index in [1.165, 1.54) is 0 Å². The molecule has 1 N–H and O–H groups in total. The van der Waals surface area contributed by atoms with E-state index in [-0.39, 0.29) is 6.10 Å². The quantitative estimate of drug-likeness (QED) is 0.910. The first kappa shape index (κ1) is 14.0. The smallest absolute Gasteiger partial charge is 0.247 e. The Morgan fingerprint density at radius 1 is 1.32 bits per heavy atom. The van der Waals surface area contributed by atoms with Crippen LogP contribution >= 0.6 is 11.6 Å². The number of hydrogen-bond donors (Lipinski definition) is 1. The summed E-state index contributed by atoms with van der Waals surface area (Å²) in [4.78, 5) is 1.92. The number of hydrogen-bond acceptors (Lipinski definition) is 5. The highest BCUT2D eigenvalue weighted by atomic mass is 35.5. The lowest BCUT2D eigenvalue weighted by Gasteiger charge is -2.15. The van der Waals surface area contributed by atoms with Gasteiger partial charge in [0, 0.05) is 17.1 Å². The number of aliphatic hydroxyl groups excluding tert-OH is 1. The average molecular weight is 282 g/mol. The summed E-state index contributed by atoms with van der Waals surface area (Å²) in [6.07, 6.45) is -0.386. The number of likely N-dealkylation sites (N-methyl/N-ethyl adjacent to an activating group) is 1. The molecule has 0 aliphatic carbocycles. The lowest BCUT2D eigenvalue weighted by atomic mass is 10.2. The number of nitrogens with zero attached hydrogens (tertiary/aromatic N) is 3. The molecule has 2 aromatic rings. The summed E-state index contributed by atoms with van der Waals surface area (Å²) in [5.41, 5.74) is 0.835. The Morgan fingerprint density at radius 3 is 2.63 bits per heavy atom. The summed E-state index contributed by atoms with van der Waals surface area (Å²) in [5, 5.41) is 17.9. The Balaban J connectivity index is 2.04. The van der Waals surface area contributed by atoms with E-state index < -0.39 is 0 Å². The monoisotopic (exact) mass is 281 g/mol. The first-order valence-electron chi connectivity index (χ1n) is 5.99. The number of aliphatic hydroxyl groups is 1. The molecule has 0 spiro atoms. The van der Waals surface area contributed by atoms with E-state index in [1.54, 1.807) is 19.1 Å². The maximum absolute atomic E-state index is 9.29. The molecule has 0 fully saturated rings. The molecule has 0 aliphatic rings. The molecule has 0 aliphatic heterocycles. The van der Waals surface area contributed by atoms with Crippen LogP contribution in [0.3, 0.4) is 0 Å². The molecule has 0 radical (unpaired) electrons. The van der Waals surface area contributed by atoms with E-state index in [9.17, 15) is 5.11 Å². The van der Waals surface area contributed by atoms with Gasteiger partial charge in [0.1, 0.15) is 0 Å². The number of benzene rings is 1. The van der Waals surface area contributed by atoms with Gasteiger partial charge in [0.15, 0.2) is 0 Å². The third kappa shape index (κ3) is 4.02. The van der Waals surface area contributed by atoms with E-state index in [2.05, 4.69) is 10.2 Å². The highest BCUT2D eigenvalue weighted by Gasteiger charge is 2.11. The average Bonchev–Trinajstić information content (AvgIpc) is 2.77. The minimum Gasteiger partial charge on any atom is -0.419 e. The Kier molecular flexibility index (Phi) is 4.52. The van der Waals surface area contributed by atoms with Crippen molar-refractivity contribution in [3.8, 4) is 11.5 Å². The van der Waals surface area contributed by atoms with Crippen LogP contribution in [-0.2, 0) is 6.54 Å². The van der Waals surface area contributed by atoms with Crippen LogP contribution in [0.2, 0.25) is 5.02 Å². The molecule has 0 saturated heterocycles. The maximum atomic E-state index is 9.29. The highest BCUT2D eigenvalue weighted by Crippen LogP contribution is 2.20. The van der Waals surface area contributed by atoms with Crippen molar-refractivity contribution in [2.24, 2.45) is 0 Å². The molecule has 2 rings (SSSR count). The maximum Gasteiger partial charge on any atom is 0.247 e. The standard InChI is InChI=1S/C13H16ClN3O2/c1-9(18)7-17(2)8-12-15-16-13(19-12)10-3-5-11(14)6-4-10/h3-6,9,18H,7-8H2,1-2H3. The molecule has 0 bridgehead atoms. The molecular formula is C13H16ClN3O2. The van der Waals surface area contributed by atoms with Gasteiger partial charge >= 0.3 is 0 Å². The summed E-state index contributed by atoms with van der Waals surface area (Å²) in [5.74, 6) is 0.991. The Hall–Kier alpha value is -1.43. The summed E-state index contributed by atoms with van der Waals surface area (Å²) in [6, 6.07) is 7.22. The van der Waals surface area contributed by atoms with Crippen molar-refractivity contribution in [1.29, 1.82) is 0 Å². The predicted octanol–water partition coefficient (Wildman–Crippen LogP) is 2.20. The summed E-state index contributed by atoms with van der Waals surface area (Å²) in [7, 11) is 1.89. The Morgan fingerprint density at radius 2 is 2.00 bits per heavy atom. The van der Waals surface area contributed by atoms with Gasteiger partial charge in [0.05, 0.1) is 12.6 Å². The zero-order chi connectivity index (χ0) is 13.8. The molecule has 19 heavy (non-hydrogen) atoms. The van der Waals surface area contributed by atoms with Crippen molar-refractivity contribution in [3.63, 3.8) is 0 Å². The Labute approximate surface area is 116 Å². The molecule has 1 atom stereocenters. The van der Waals surface area contributed by atoms with Crippen molar-refractivity contribution in [2.75, 3.05) is 13.6 Å². The van der Waals surface area contributed by atoms with Gasteiger partial charge < -0.3 is 9.52 Å². The van der Waals surface area contributed by atoms with Gasteiger partial charge in [0.2, 0.25) is 11.8 Å². The first-order valence-corrected chi connectivity index (χ1v) is 6.37. The third-order valence-corrected chi connectivity index (χ3v) is 2.79. The van der Waals surface area contributed by atoms with Crippen LogP contribution in [0.4, 0.5) is 0 Å². The van der Waals surface area contributed by atoms with E-state index in [0.29, 0.717) is 29.9 Å². The molecule has 1 aromatic heterocycles. The fourth-order valence-electron chi connectivity index (χ4n) is 1.77. The first-order chi connectivity index (χ1) is 9.04. The fraction of sp³-hybridized carbons (Fsp3) is 0.385. The van der Waals surface area contributed by atoms with Crippen LogP contribution in [0.5, 0.6) is 0 Å². The van der Waals surface area contributed by atoms with E-state index in [4.69, 9.17) is 16.0 Å². The van der Waals surface area contributed by atoms with Crippen molar-refractivity contribution in [1.82, 2.24) is 15.1 Å². The summed E-state index contributed by atoms with van der Waals surface area (Å²) >= 11 is 5.82. The van der Waals surface area contributed by atoms with Crippen LogP contribution in [0.25, 0.3) is 11.5 Å². The van der Waals surface area contributed by atoms with Gasteiger partial charge in [-0.1, -0.05) is 11.6 Å². The van der Waals surface area contributed by atoms with Crippen LogP contribution in [-0.4, -0.2) is 39.9 Å². The van der Waals surface area contributed by atoms with Crippen molar-refractivity contribution in [2.45, 2.75) is 19.6 Å². The van der Waals surface area contributed by atoms with E-state index in [0.717, 1.165) is 5.56 Å². The minimum atomic E-state index is -0.386. The number of halogens is 1. The zero-order valence-corrected chi connectivity index (χ0v) is 11.6. The normalized spacial score (nSPS) is 12.9. The van der Waals surface area contributed by atoms with Crippen molar-refractivity contribution in [3.05, 3.63) is 35.2 Å². The van der Waals surface area contributed by atoms with Crippen molar-refractivity contribution < 1.29 is 9.52 Å². The molecule has 0 amide bonds. The van der Waals surface area contributed by atoms with Gasteiger partial charge in [-0.25, -0.2) is 0 Å². The fourth-order valence-corrected chi connectivity index (χ4v) is 1.90. The van der Waals surface area contributed by atoms with E-state index in [1.807, 2.05) is 24.1 Å². The van der Waals surface area contributed by atoms with Crippen molar-refractivity contribution >= 4 is 11.6 Å². The van der Waals surface area contributed by atoms with Crippen LogP contribution in [0, 0.1) is 0 Å². The van der Waals surface area contributed by atoms with Crippen LogP contribution in [0.15, 0.2) is 28.7 Å². The van der Waals surface area contributed by atoms with E-state index >= 15 is 0 Å². The lowest BCUT2D eigenvalue weighted by Crippen LogP contribution is -2.26.